The summed E-state index contributed by atoms with van der Waals surface area (Å²) in [7, 11) is 0. The van der Waals surface area contributed by atoms with Crippen LogP contribution in [0.3, 0.4) is 0 Å². The first-order valence-corrected chi connectivity index (χ1v) is 5.15. The van der Waals surface area contributed by atoms with Crippen molar-refractivity contribution in [3.63, 3.8) is 0 Å². The number of hydrogen-bond acceptors (Lipinski definition) is 3. The zero-order valence-corrected chi connectivity index (χ0v) is 8.73. The van der Waals surface area contributed by atoms with E-state index in [1.807, 2.05) is 10.9 Å². The van der Waals surface area contributed by atoms with Gasteiger partial charge in [-0.1, -0.05) is 0 Å². The zero-order valence-electron chi connectivity index (χ0n) is 8.73. The summed E-state index contributed by atoms with van der Waals surface area (Å²) in [5.41, 5.74) is 1.25. The number of aryl methyl sites for hydroxylation is 1. The number of nitrogens with one attached hydrogen (secondary N) is 1. The van der Waals surface area contributed by atoms with Gasteiger partial charge in [-0.3, -0.25) is 4.68 Å². The first kappa shape index (κ1) is 9.68. The highest BCUT2D eigenvalue weighted by atomic mass is 16.5. The Morgan fingerprint density at radius 1 is 1.71 bits per heavy atom. The Bertz CT molecular complexity index is 293. The Kier molecular flexibility index (Phi) is 2.84. The zero-order chi connectivity index (χ0) is 9.97. The molecule has 1 aliphatic rings. The molecule has 2 rings (SSSR count). The van der Waals surface area contributed by atoms with Crippen LogP contribution in [0.1, 0.15) is 25.5 Å². The van der Waals surface area contributed by atoms with Gasteiger partial charge in [0.1, 0.15) is 0 Å². The minimum Gasteiger partial charge on any atom is -0.378 e. The van der Waals surface area contributed by atoms with Crippen LogP contribution < -0.4 is 5.32 Å². The van der Waals surface area contributed by atoms with Crippen LogP contribution in [-0.2, 0) is 11.3 Å². The molecule has 4 nitrogen and oxygen atoms in total. The molecule has 1 atom stereocenters. The fourth-order valence-corrected chi connectivity index (χ4v) is 1.56. The lowest BCUT2D eigenvalue weighted by Gasteiger charge is -2.29. The molecule has 0 bridgehead atoms. The molecule has 1 aromatic heterocycles. The maximum atomic E-state index is 5.11. The average molecular weight is 195 g/mol. The molecule has 1 aliphatic heterocycles. The first-order valence-electron chi connectivity index (χ1n) is 5.15. The number of rotatable bonds is 4. The second kappa shape index (κ2) is 4.11. The van der Waals surface area contributed by atoms with Gasteiger partial charge in [-0.2, -0.15) is 5.10 Å². The molecular weight excluding hydrogens is 178 g/mol. The Morgan fingerprint density at radius 2 is 2.50 bits per heavy atom. The van der Waals surface area contributed by atoms with Gasteiger partial charge >= 0.3 is 0 Å². The van der Waals surface area contributed by atoms with Crippen molar-refractivity contribution in [2.45, 2.75) is 32.5 Å². The maximum absolute atomic E-state index is 5.11. The van der Waals surface area contributed by atoms with Crippen LogP contribution in [-0.4, -0.2) is 29.0 Å². The van der Waals surface area contributed by atoms with Crippen molar-refractivity contribution in [3.8, 4) is 0 Å². The molecule has 1 N–H and O–H groups in total. The van der Waals surface area contributed by atoms with Gasteiger partial charge in [-0.15, -0.1) is 0 Å². The Hall–Kier alpha value is -0.870. The molecule has 78 valence electrons. The van der Waals surface area contributed by atoms with E-state index in [4.69, 9.17) is 4.74 Å². The summed E-state index contributed by atoms with van der Waals surface area (Å²) in [5, 5.41) is 7.74. The lowest BCUT2D eigenvalue weighted by Crippen LogP contribution is -2.46. The van der Waals surface area contributed by atoms with Gasteiger partial charge in [-0.05, 0) is 13.8 Å². The van der Waals surface area contributed by atoms with Crippen LogP contribution in [0.5, 0.6) is 0 Å². The molecule has 1 saturated heterocycles. The fourth-order valence-electron chi connectivity index (χ4n) is 1.56. The molecule has 1 unspecified atom stereocenters. The molecule has 0 spiro atoms. The van der Waals surface area contributed by atoms with E-state index >= 15 is 0 Å². The lowest BCUT2D eigenvalue weighted by molar-refractivity contribution is -0.00925. The normalized spacial score (nSPS) is 19.3. The van der Waals surface area contributed by atoms with Crippen molar-refractivity contribution < 1.29 is 4.74 Å². The smallest absolute Gasteiger partial charge is 0.0643 e. The summed E-state index contributed by atoms with van der Waals surface area (Å²) in [5.74, 6) is 0. The second-order valence-electron chi connectivity index (χ2n) is 3.75. The van der Waals surface area contributed by atoms with Crippen molar-refractivity contribution >= 4 is 0 Å². The third-order valence-corrected chi connectivity index (χ3v) is 2.60. The van der Waals surface area contributed by atoms with Crippen LogP contribution in [0.25, 0.3) is 0 Å². The Morgan fingerprint density at radius 3 is 3.00 bits per heavy atom. The quantitative estimate of drug-likeness (QED) is 0.777. The van der Waals surface area contributed by atoms with Gasteiger partial charge in [0, 0.05) is 24.3 Å². The highest BCUT2D eigenvalue weighted by Gasteiger charge is 2.20. The van der Waals surface area contributed by atoms with E-state index in [1.165, 1.54) is 5.56 Å². The summed E-state index contributed by atoms with van der Waals surface area (Å²) in [6.45, 7) is 6.86. The molecule has 1 aromatic rings. The first-order chi connectivity index (χ1) is 6.79. The average Bonchev–Trinajstić information content (AvgIpc) is 2.59. The van der Waals surface area contributed by atoms with E-state index < -0.39 is 0 Å². The van der Waals surface area contributed by atoms with Crippen LogP contribution in [0, 0.1) is 0 Å². The predicted octanol–water partition coefficient (Wildman–Crippen LogP) is 0.952. The number of aromatic nitrogens is 2. The van der Waals surface area contributed by atoms with Crippen molar-refractivity contribution in [3.05, 3.63) is 18.0 Å². The maximum Gasteiger partial charge on any atom is 0.0643 e. The molecule has 0 aliphatic carbocycles. The summed E-state index contributed by atoms with van der Waals surface area (Å²) in [4.78, 5) is 0. The molecule has 0 saturated carbocycles. The van der Waals surface area contributed by atoms with E-state index in [0.29, 0.717) is 12.1 Å². The van der Waals surface area contributed by atoms with Gasteiger partial charge in [0.25, 0.3) is 0 Å². The highest BCUT2D eigenvalue weighted by Crippen LogP contribution is 2.13. The van der Waals surface area contributed by atoms with E-state index in [1.54, 1.807) is 0 Å². The molecule has 14 heavy (non-hydrogen) atoms. The third kappa shape index (κ3) is 1.96. The summed E-state index contributed by atoms with van der Waals surface area (Å²) in [6, 6.07) is 0.888. The van der Waals surface area contributed by atoms with Crippen molar-refractivity contribution in [1.29, 1.82) is 0 Å². The summed E-state index contributed by atoms with van der Waals surface area (Å²) >= 11 is 0. The van der Waals surface area contributed by atoms with Crippen LogP contribution in [0.2, 0.25) is 0 Å². The molecule has 2 heterocycles. The molecule has 0 aromatic carbocycles. The topological polar surface area (TPSA) is 39.1 Å². The molecular formula is C10H17N3O. The largest absolute Gasteiger partial charge is 0.378 e. The molecule has 0 amide bonds. The summed E-state index contributed by atoms with van der Waals surface area (Å²) in [6.07, 6.45) is 4.03. The number of nitrogens with zero attached hydrogens (tertiary/aromatic N) is 2. The molecule has 1 fully saturated rings. The molecule has 4 heteroatoms. The third-order valence-electron chi connectivity index (χ3n) is 2.60. The number of hydrogen-bond donors (Lipinski definition) is 1. The predicted molar refractivity (Wildman–Crippen MR) is 54.1 cm³/mol. The van der Waals surface area contributed by atoms with Crippen molar-refractivity contribution in [1.82, 2.24) is 15.1 Å². The SMILES string of the molecule is CCn1cc(C(C)NC2COC2)cn1. The van der Waals surface area contributed by atoms with Gasteiger partial charge in [-0.25, -0.2) is 0 Å². The second-order valence-corrected chi connectivity index (χ2v) is 3.75. The van der Waals surface area contributed by atoms with E-state index in [0.717, 1.165) is 19.8 Å². The van der Waals surface area contributed by atoms with Gasteiger partial charge in [0.2, 0.25) is 0 Å². The van der Waals surface area contributed by atoms with Gasteiger partial charge in [0.05, 0.1) is 25.5 Å². The van der Waals surface area contributed by atoms with E-state index in [-0.39, 0.29) is 0 Å². The fraction of sp³-hybridized carbons (Fsp3) is 0.700. The van der Waals surface area contributed by atoms with Crippen molar-refractivity contribution in [2.24, 2.45) is 0 Å². The Balaban J connectivity index is 1.92. The monoisotopic (exact) mass is 195 g/mol. The van der Waals surface area contributed by atoms with Crippen LogP contribution in [0.15, 0.2) is 12.4 Å². The van der Waals surface area contributed by atoms with E-state index in [9.17, 15) is 0 Å². The standard InChI is InChI=1S/C10H17N3O/c1-3-13-5-9(4-11-13)8(2)12-10-6-14-7-10/h4-5,8,10,12H,3,6-7H2,1-2H3. The highest BCUT2D eigenvalue weighted by molar-refractivity contribution is 5.09. The summed E-state index contributed by atoms with van der Waals surface area (Å²) < 4.78 is 7.06. The minimum absolute atomic E-state index is 0.365. The minimum atomic E-state index is 0.365. The van der Waals surface area contributed by atoms with Gasteiger partial charge < -0.3 is 10.1 Å². The van der Waals surface area contributed by atoms with Crippen LogP contribution >= 0.6 is 0 Å². The Labute approximate surface area is 84.3 Å². The van der Waals surface area contributed by atoms with Gasteiger partial charge in [0.15, 0.2) is 0 Å². The van der Waals surface area contributed by atoms with E-state index in [2.05, 4.69) is 30.5 Å². The van der Waals surface area contributed by atoms with Crippen molar-refractivity contribution in [2.75, 3.05) is 13.2 Å². The van der Waals surface area contributed by atoms with Crippen LogP contribution in [0.4, 0.5) is 0 Å². The lowest BCUT2D eigenvalue weighted by atomic mass is 10.1. The molecule has 0 radical (unpaired) electrons. The number of ether oxygens (including phenoxy) is 1.